The van der Waals surface area contributed by atoms with Crippen LogP contribution in [0, 0.1) is 0 Å². The maximum Gasteiger partial charge on any atom is 0.243 e. The van der Waals surface area contributed by atoms with E-state index in [1.807, 2.05) is 0 Å². The van der Waals surface area contributed by atoms with Crippen LogP contribution in [-0.4, -0.2) is 40.5 Å². The molecule has 1 aromatic carbocycles. The molecule has 0 spiro atoms. The largest absolute Gasteiger partial charge is 0.496 e. The molecule has 0 fully saturated rings. The maximum atomic E-state index is 12.3. The van der Waals surface area contributed by atoms with Gasteiger partial charge in [0.15, 0.2) is 0 Å². The van der Waals surface area contributed by atoms with Crippen LogP contribution < -0.4 is 10.1 Å². The van der Waals surface area contributed by atoms with E-state index in [4.69, 9.17) is 4.74 Å². The monoisotopic (exact) mass is 284 g/mol. The first kappa shape index (κ1) is 15.7. The molecule has 0 unspecified atom stereocenters. The van der Waals surface area contributed by atoms with Gasteiger partial charge in [0.05, 0.1) is 12.0 Å². The minimum absolute atomic E-state index is 0.253. The standard InChI is InChI=1S/C13H20N2O3S/c1-5-8-15(3)19(16,17)12-6-7-13(18-4)11(9-12)10-14-2/h5-7,9,14H,1,8,10H2,2-4H3. The zero-order chi connectivity index (χ0) is 14.5. The molecular formula is C13H20N2O3S. The van der Waals surface area contributed by atoms with E-state index in [0.717, 1.165) is 5.56 Å². The number of nitrogens with one attached hydrogen (secondary N) is 1. The van der Waals surface area contributed by atoms with Gasteiger partial charge in [-0.3, -0.25) is 0 Å². The van der Waals surface area contributed by atoms with E-state index in [2.05, 4.69) is 11.9 Å². The van der Waals surface area contributed by atoms with Gasteiger partial charge in [-0.15, -0.1) is 6.58 Å². The molecule has 0 aliphatic heterocycles. The van der Waals surface area contributed by atoms with Crippen molar-refractivity contribution in [2.45, 2.75) is 11.4 Å². The van der Waals surface area contributed by atoms with E-state index < -0.39 is 10.0 Å². The van der Waals surface area contributed by atoms with Gasteiger partial charge in [0.1, 0.15) is 5.75 Å². The molecule has 0 atom stereocenters. The Morgan fingerprint density at radius 1 is 1.47 bits per heavy atom. The number of likely N-dealkylation sites (N-methyl/N-ethyl adjacent to an activating group) is 1. The summed E-state index contributed by atoms with van der Waals surface area (Å²) in [4.78, 5) is 0.253. The van der Waals surface area contributed by atoms with Gasteiger partial charge in [0.2, 0.25) is 10.0 Å². The molecule has 0 heterocycles. The van der Waals surface area contributed by atoms with Crippen molar-refractivity contribution in [2.75, 3.05) is 27.7 Å². The lowest BCUT2D eigenvalue weighted by atomic mass is 10.2. The van der Waals surface area contributed by atoms with Crippen LogP contribution in [0.15, 0.2) is 35.7 Å². The molecule has 0 saturated carbocycles. The average Bonchev–Trinajstić information content (AvgIpc) is 2.39. The maximum absolute atomic E-state index is 12.3. The first-order valence-electron chi connectivity index (χ1n) is 5.86. The molecule has 1 rings (SSSR count). The second-order valence-corrected chi connectivity index (χ2v) is 6.12. The Kier molecular flexibility index (Phi) is 5.53. The van der Waals surface area contributed by atoms with Crippen LogP contribution in [0.4, 0.5) is 0 Å². The number of benzene rings is 1. The smallest absolute Gasteiger partial charge is 0.243 e. The quantitative estimate of drug-likeness (QED) is 0.765. The highest BCUT2D eigenvalue weighted by Gasteiger charge is 2.20. The van der Waals surface area contributed by atoms with Crippen molar-refractivity contribution in [3.05, 3.63) is 36.4 Å². The molecule has 1 N–H and O–H groups in total. The highest BCUT2D eigenvalue weighted by molar-refractivity contribution is 7.89. The molecule has 5 nitrogen and oxygen atoms in total. The Bertz CT molecular complexity index is 541. The Labute approximate surface area is 114 Å². The molecule has 0 amide bonds. The highest BCUT2D eigenvalue weighted by atomic mass is 32.2. The second kappa shape index (κ2) is 6.70. The third kappa shape index (κ3) is 3.56. The number of sulfonamides is 1. The molecule has 0 bridgehead atoms. The van der Waals surface area contributed by atoms with Crippen molar-refractivity contribution in [2.24, 2.45) is 0 Å². The summed E-state index contributed by atoms with van der Waals surface area (Å²) in [5.41, 5.74) is 0.804. The predicted molar refractivity (Wildman–Crippen MR) is 75.8 cm³/mol. The van der Waals surface area contributed by atoms with Crippen molar-refractivity contribution in [3.8, 4) is 5.75 Å². The third-order valence-electron chi connectivity index (χ3n) is 2.71. The van der Waals surface area contributed by atoms with Crippen molar-refractivity contribution < 1.29 is 13.2 Å². The molecule has 6 heteroatoms. The van der Waals surface area contributed by atoms with Crippen molar-refractivity contribution in [1.29, 1.82) is 0 Å². The van der Waals surface area contributed by atoms with E-state index in [0.29, 0.717) is 12.3 Å². The summed E-state index contributed by atoms with van der Waals surface area (Å²) < 4.78 is 31.1. The van der Waals surface area contributed by atoms with Crippen LogP contribution in [0.2, 0.25) is 0 Å². The van der Waals surface area contributed by atoms with Crippen LogP contribution in [-0.2, 0) is 16.6 Å². The van der Waals surface area contributed by atoms with E-state index >= 15 is 0 Å². The molecule has 0 aliphatic rings. The third-order valence-corrected chi connectivity index (χ3v) is 4.53. The predicted octanol–water partition coefficient (Wildman–Crippen LogP) is 1.22. The van der Waals surface area contributed by atoms with Crippen LogP contribution in [0.5, 0.6) is 5.75 Å². The molecule has 1 aromatic rings. The number of rotatable bonds is 7. The zero-order valence-electron chi connectivity index (χ0n) is 11.5. The van der Waals surface area contributed by atoms with Gasteiger partial charge < -0.3 is 10.1 Å². The van der Waals surface area contributed by atoms with Gasteiger partial charge in [-0.2, -0.15) is 4.31 Å². The Balaban J connectivity index is 3.20. The molecule has 106 valence electrons. The summed E-state index contributed by atoms with van der Waals surface area (Å²) in [5.74, 6) is 0.666. The van der Waals surface area contributed by atoms with Crippen LogP contribution in [0.3, 0.4) is 0 Å². The zero-order valence-corrected chi connectivity index (χ0v) is 12.3. The van der Waals surface area contributed by atoms with Crippen molar-refractivity contribution in [1.82, 2.24) is 9.62 Å². The molecule has 19 heavy (non-hydrogen) atoms. The van der Waals surface area contributed by atoms with Crippen LogP contribution in [0.25, 0.3) is 0 Å². The number of hydrogen-bond acceptors (Lipinski definition) is 4. The van der Waals surface area contributed by atoms with Gasteiger partial charge >= 0.3 is 0 Å². The SMILES string of the molecule is C=CCN(C)S(=O)(=O)c1ccc(OC)c(CNC)c1. The fraction of sp³-hybridized carbons (Fsp3) is 0.385. The number of methoxy groups -OCH3 is 1. The van der Waals surface area contributed by atoms with Crippen molar-refractivity contribution in [3.63, 3.8) is 0 Å². The van der Waals surface area contributed by atoms with Crippen LogP contribution in [0.1, 0.15) is 5.56 Å². The van der Waals surface area contributed by atoms with E-state index in [-0.39, 0.29) is 11.4 Å². The fourth-order valence-electron chi connectivity index (χ4n) is 1.70. The molecule has 0 radical (unpaired) electrons. The van der Waals surface area contributed by atoms with Crippen molar-refractivity contribution >= 4 is 10.0 Å². The Morgan fingerprint density at radius 2 is 2.16 bits per heavy atom. The summed E-state index contributed by atoms with van der Waals surface area (Å²) in [7, 11) is 1.40. The first-order valence-corrected chi connectivity index (χ1v) is 7.30. The first-order chi connectivity index (χ1) is 8.97. The van der Waals surface area contributed by atoms with E-state index in [9.17, 15) is 8.42 Å². The minimum Gasteiger partial charge on any atom is -0.496 e. The summed E-state index contributed by atoms with van der Waals surface area (Å²) in [6.45, 7) is 4.36. The molecular weight excluding hydrogens is 264 g/mol. The van der Waals surface area contributed by atoms with Gasteiger partial charge in [0, 0.05) is 25.7 Å². The van der Waals surface area contributed by atoms with Gasteiger partial charge in [0.25, 0.3) is 0 Å². The summed E-state index contributed by atoms with van der Waals surface area (Å²) >= 11 is 0. The minimum atomic E-state index is -3.49. The summed E-state index contributed by atoms with van der Waals surface area (Å²) in [6, 6.07) is 4.85. The second-order valence-electron chi connectivity index (χ2n) is 4.08. The van der Waals surface area contributed by atoms with Gasteiger partial charge in [-0.1, -0.05) is 6.08 Å². The lowest BCUT2D eigenvalue weighted by Crippen LogP contribution is -2.27. The van der Waals surface area contributed by atoms with E-state index in [1.165, 1.54) is 11.4 Å². The molecule has 0 aromatic heterocycles. The lowest BCUT2D eigenvalue weighted by molar-refractivity contribution is 0.408. The Morgan fingerprint density at radius 3 is 2.68 bits per heavy atom. The topological polar surface area (TPSA) is 58.6 Å². The van der Waals surface area contributed by atoms with Gasteiger partial charge in [-0.05, 0) is 25.2 Å². The number of ether oxygens (including phenoxy) is 1. The fourth-order valence-corrected chi connectivity index (χ4v) is 2.90. The average molecular weight is 284 g/mol. The normalized spacial score (nSPS) is 11.6. The summed E-state index contributed by atoms with van der Waals surface area (Å²) in [5, 5.41) is 2.99. The number of hydrogen-bond donors (Lipinski definition) is 1. The highest BCUT2D eigenvalue weighted by Crippen LogP contribution is 2.24. The lowest BCUT2D eigenvalue weighted by Gasteiger charge is -2.17. The number of nitrogens with zero attached hydrogens (tertiary/aromatic N) is 1. The summed E-state index contributed by atoms with van der Waals surface area (Å²) in [6.07, 6.45) is 1.55. The molecule has 0 aliphatic carbocycles. The van der Waals surface area contributed by atoms with Gasteiger partial charge in [-0.25, -0.2) is 8.42 Å². The van der Waals surface area contributed by atoms with Crippen LogP contribution >= 0.6 is 0 Å². The van der Waals surface area contributed by atoms with E-state index in [1.54, 1.807) is 38.4 Å². The molecule has 0 saturated heterocycles. The Hall–Kier alpha value is -1.37.